The molecule has 0 aromatic heterocycles. The number of likely N-dealkylation sites (tertiary alicyclic amines) is 1. The van der Waals surface area contributed by atoms with Crippen molar-refractivity contribution >= 4 is 55.2 Å². The number of benzene rings is 2. The van der Waals surface area contributed by atoms with Gasteiger partial charge in [-0.05, 0) is 61.1 Å². The molecule has 0 radical (unpaired) electrons. The number of piperidine rings is 1. The molecule has 10 nitrogen and oxygen atoms in total. The molecular weight excluding hydrogens is 651 g/mol. The zero-order valence-electron chi connectivity index (χ0n) is 25.1. The number of sulfonamides is 1. The van der Waals surface area contributed by atoms with E-state index in [1.165, 1.54) is 18.5 Å². The number of halogens is 2. The minimum absolute atomic E-state index is 0.00529. The molecule has 44 heavy (non-hydrogen) atoms. The van der Waals surface area contributed by atoms with Crippen LogP contribution in [0.2, 0.25) is 10.0 Å². The van der Waals surface area contributed by atoms with E-state index in [4.69, 9.17) is 32.1 Å². The van der Waals surface area contributed by atoms with Gasteiger partial charge in [0.25, 0.3) is 10.1 Å². The molecule has 1 saturated heterocycles. The number of carbonyl (C=O) groups is 2. The average molecular weight is 690 g/mol. The number of methoxy groups -OCH3 is 1. The molecule has 1 aliphatic carbocycles. The molecule has 14 heteroatoms. The SMILES string of the molecule is CCC(CN(C)S(=O)(=O)C1CC1)N1C(=O)C(COS(C)(=O)=O)(CC(=O)OC)CC(c2cccc(Cl)c2)C1c1ccc(Cl)cc1. The summed E-state index contributed by atoms with van der Waals surface area (Å²) in [5, 5.41) is 0.495. The van der Waals surface area contributed by atoms with Gasteiger partial charge in [0, 0.05) is 35.6 Å². The van der Waals surface area contributed by atoms with Gasteiger partial charge in [-0.25, -0.2) is 12.7 Å². The van der Waals surface area contributed by atoms with Crippen molar-refractivity contribution < 1.29 is 35.3 Å². The molecule has 4 atom stereocenters. The van der Waals surface area contributed by atoms with Crippen LogP contribution in [0.1, 0.15) is 62.1 Å². The summed E-state index contributed by atoms with van der Waals surface area (Å²) >= 11 is 12.7. The topological polar surface area (TPSA) is 127 Å². The Morgan fingerprint density at radius 1 is 1.07 bits per heavy atom. The first kappa shape index (κ1) is 34.6. The number of ether oxygens (including phenoxy) is 1. The lowest BCUT2D eigenvalue weighted by atomic mass is 9.66. The average Bonchev–Trinajstić information content (AvgIpc) is 3.82. The van der Waals surface area contributed by atoms with Gasteiger partial charge in [0.1, 0.15) is 0 Å². The van der Waals surface area contributed by atoms with E-state index in [2.05, 4.69) is 0 Å². The zero-order valence-corrected chi connectivity index (χ0v) is 28.3. The summed E-state index contributed by atoms with van der Waals surface area (Å²) in [6, 6.07) is 12.9. The van der Waals surface area contributed by atoms with Gasteiger partial charge in [0.15, 0.2) is 0 Å². The molecule has 1 heterocycles. The smallest absolute Gasteiger partial charge is 0.306 e. The second-order valence-corrected chi connectivity index (χ2v) is 16.5. The van der Waals surface area contributed by atoms with E-state index in [1.54, 1.807) is 35.2 Å². The molecule has 4 rings (SSSR count). The van der Waals surface area contributed by atoms with E-state index in [0.29, 0.717) is 29.3 Å². The fourth-order valence-electron chi connectivity index (χ4n) is 6.02. The quantitative estimate of drug-likeness (QED) is 0.217. The molecular formula is C30H38Cl2N2O8S2. The minimum Gasteiger partial charge on any atom is -0.469 e. The van der Waals surface area contributed by atoms with Crippen LogP contribution in [0.3, 0.4) is 0 Å². The Hall–Kier alpha value is -2.22. The van der Waals surface area contributed by atoms with E-state index in [-0.39, 0.29) is 13.0 Å². The Labute approximate surface area is 269 Å². The Balaban J connectivity index is 1.94. The van der Waals surface area contributed by atoms with E-state index in [0.717, 1.165) is 17.4 Å². The number of esters is 1. The summed E-state index contributed by atoms with van der Waals surface area (Å²) in [6.45, 7) is 1.24. The molecule has 242 valence electrons. The van der Waals surface area contributed by atoms with Crippen molar-refractivity contribution in [1.29, 1.82) is 0 Å². The first-order chi connectivity index (χ1) is 20.6. The molecule has 2 aromatic carbocycles. The highest BCUT2D eigenvalue weighted by atomic mass is 35.5. The highest BCUT2D eigenvalue weighted by Gasteiger charge is 2.56. The standard InChI is InChI=1S/C30H38Cl2N2O8S2/c1-5-24(18-33(2)44(39,40)25-13-14-25)34-28(20-9-11-22(31)12-10-20)26(21-7-6-8-23(32)15-21)16-30(29(34)36,17-27(35)41-3)19-42-43(4,37)38/h6-12,15,24-26,28H,5,13-14,16-19H2,1-4H3. The van der Waals surface area contributed by atoms with E-state index in [1.807, 2.05) is 25.1 Å². The minimum atomic E-state index is -4.02. The van der Waals surface area contributed by atoms with Gasteiger partial charge < -0.3 is 9.64 Å². The third-order valence-electron chi connectivity index (χ3n) is 8.44. The molecule has 2 aromatic rings. The molecule has 1 saturated carbocycles. The molecule has 4 unspecified atom stereocenters. The van der Waals surface area contributed by atoms with Gasteiger partial charge in [-0.15, -0.1) is 0 Å². The maximum Gasteiger partial charge on any atom is 0.306 e. The molecule has 0 spiro atoms. The van der Waals surface area contributed by atoms with Crippen molar-refractivity contribution in [2.24, 2.45) is 5.41 Å². The zero-order chi connectivity index (χ0) is 32.4. The molecule has 1 aliphatic heterocycles. The second kappa shape index (κ2) is 13.6. The maximum absolute atomic E-state index is 14.9. The normalized spacial score (nSPS) is 23.5. The lowest BCUT2D eigenvalue weighted by Crippen LogP contribution is -2.60. The van der Waals surface area contributed by atoms with Crippen molar-refractivity contribution in [3.8, 4) is 0 Å². The summed E-state index contributed by atoms with van der Waals surface area (Å²) < 4.78 is 62.3. The number of rotatable bonds is 13. The van der Waals surface area contributed by atoms with Crippen molar-refractivity contribution in [2.45, 2.75) is 62.3 Å². The Kier molecular flexibility index (Phi) is 10.7. The van der Waals surface area contributed by atoms with Crippen LogP contribution in [0, 0.1) is 5.41 Å². The highest BCUT2D eigenvalue weighted by molar-refractivity contribution is 7.90. The third kappa shape index (κ3) is 7.76. The maximum atomic E-state index is 14.9. The van der Waals surface area contributed by atoms with Crippen molar-refractivity contribution in [2.75, 3.05) is 33.6 Å². The number of likely N-dealkylation sites (N-methyl/N-ethyl adjacent to an activating group) is 1. The summed E-state index contributed by atoms with van der Waals surface area (Å²) in [6.07, 6.45) is 1.98. The van der Waals surface area contributed by atoms with E-state index in [9.17, 15) is 26.4 Å². The summed E-state index contributed by atoms with van der Waals surface area (Å²) in [5.41, 5.74) is -0.181. The number of hydrogen-bond donors (Lipinski definition) is 0. The predicted molar refractivity (Wildman–Crippen MR) is 168 cm³/mol. The van der Waals surface area contributed by atoms with Crippen molar-refractivity contribution in [3.05, 3.63) is 69.7 Å². The van der Waals surface area contributed by atoms with Crippen LogP contribution >= 0.6 is 23.2 Å². The summed E-state index contributed by atoms with van der Waals surface area (Å²) in [5.74, 6) is -1.76. The van der Waals surface area contributed by atoms with Crippen LogP contribution in [0.4, 0.5) is 0 Å². The van der Waals surface area contributed by atoms with Crippen LogP contribution in [0.25, 0.3) is 0 Å². The molecule has 2 aliphatic rings. The molecule has 0 N–H and O–H groups in total. The second-order valence-electron chi connectivity index (χ2n) is 11.7. The first-order valence-electron chi connectivity index (χ1n) is 14.3. The van der Waals surface area contributed by atoms with Crippen LogP contribution in [0.5, 0.6) is 0 Å². The lowest BCUT2D eigenvalue weighted by Gasteiger charge is -2.53. The Morgan fingerprint density at radius 3 is 2.27 bits per heavy atom. The third-order valence-corrected chi connectivity index (χ3v) is 11.8. The van der Waals surface area contributed by atoms with Crippen LogP contribution < -0.4 is 0 Å². The number of amides is 1. The summed E-state index contributed by atoms with van der Waals surface area (Å²) in [7, 11) is -4.91. The Morgan fingerprint density at radius 2 is 1.73 bits per heavy atom. The van der Waals surface area contributed by atoms with E-state index < -0.39 is 73.7 Å². The number of hydrogen-bond acceptors (Lipinski definition) is 8. The lowest BCUT2D eigenvalue weighted by molar-refractivity contribution is -0.165. The molecule has 0 bridgehead atoms. The fourth-order valence-corrected chi connectivity index (χ4v) is 8.40. The van der Waals surface area contributed by atoms with Gasteiger partial charge in [-0.3, -0.25) is 13.8 Å². The Bertz CT molecular complexity index is 1580. The first-order valence-corrected chi connectivity index (χ1v) is 18.4. The van der Waals surface area contributed by atoms with Gasteiger partial charge >= 0.3 is 5.97 Å². The predicted octanol–water partition coefficient (Wildman–Crippen LogP) is 4.78. The monoisotopic (exact) mass is 688 g/mol. The highest BCUT2D eigenvalue weighted by Crippen LogP contribution is 2.53. The number of carbonyl (C=O) groups excluding carboxylic acids is 2. The van der Waals surface area contributed by atoms with Gasteiger partial charge in [0.05, 0.1) is 43.1 Å². The van der Waals surface area contributed by atoms with Gasteiger partial charge in [0.2, 0.25) is 15.9 Å². The fraction of sp³-hybridized carbons (Fsp3) is 0.533. The largest absolute Gasteiger partial charge is 0.469 e. The summed E-state index contributed by atoms with van der Waals surface area (Å²) in [4.78, 5) is 29.4. The van der Waals surface area contributed by atoms with Crippen LogP contribution in [-0.2, 0) is 38.7 Å². The molecule has 1 amide bonds. The van der Waals surface area contributed by atoms with Gasteiger partial charge in [-0.2, -0.15) is 8.42 Å². The van der Waals surface area contributed by atoms with Crippen molar-refractivity contribution in [3.63, 3.8) is 0 Å². The van der Waals surface area contributed by atoms with Crippen LogP contribution in [-0.4, -0.2) is 82.8 Å². The molecule has 2 fully saturated rings. The van der Waals surface area contributed by atoms with Gasteiger partial charge in [-0.1, -0.05) is 54.4 Å². The van der Waals surface area contributed by atoms with Crippen LogP contribution in [0.15, 0.2) is 48.5 Å². The van der Waals surface area contributed by atoms with Crippen molar-refractivity contribution in [1.82, 2.24) is 9.21 Å². The number of nitrogens with zero attached hydrogens (tertiary/aromatic N) is 2. The van der Waals surface area contributed by atoms with E-state index >= 15 is 0 Å².